The molecular weight excluding hydrogens is 310 g/mol. The summed E-state index contributed by atoms with van der Waals surface area (Å²) in [4.78, 5) is 11.5. The minimum absolute atomic E-state index is 0. The molecule has 0 unspecified atom stereocenters. The summed E-state index contributed by atoms with van der Waals surface area (Å²) < 4.78 is 0. The largest absolute Gasteiger partial charge is 1.00 e. The van der Waals surface area contributed by atoms with Gasteiger partial charge < -0.3 is 22.3 Å². The topological polar surface area (TPSA) is 29.1 Å². The van der Waals surface area contributed by atoms with Crippen LogP contribution in [0.15, 0.2) is 30.3 Å². The van der Waals surface area contributed by atoms with Gasteiger partial charge in [-0.25, -0.2) is 0 Å². The number of carbonyl (C=O) groups excluding carboxylic acids is 1. The molecule has 1 rings (SSSR count). The number of nitrogens with one attached hydrogen (secondary N) is 1. The molecule has 0 aliphatic heterocycles. The van der Waals surface area contributed by atoms with E-state index in [9.17, 15) is 4.79 Å². The minimum atomic E-state index is 0. The number of hydrogen-bond acceptors (Lipinski definition) is 2. The van der Waals surface area contributed by atoms with Crippen LogP contribution in [0.5, 0.6) is 0 Å². The summed E-state index contributed by atoms with van der Waals surface area (Å²) in [7, 11) is 0.204. The fourth-order valence-electron chi connectivity index (χ4n) is 1.22. The first-order chi connectivity index (χ1) is 8.11. The van der Waals surface area contributed by atoms with E-state index in [2.05, 4.69) is 31.7 Å². The highest BCUT2D eigenvalue weighted by atomic mass is 79.9. The third-order valence-corrected chi connectivity index (χ3v) is 2.86. The van der Waals surface area contributed by atoms with Crippen molar-refractivity contribution in [1.29, 1.82) is 0 Å². The van der Waals surface area contributed by atoms with E-state index in [0.29, 0.717) is 5.75 Å². The number of hydrogen-bond donors (Lipinski definition) is 1. The van der Waals surface area contributed by atoms with E-state index in [-0.39, 0.29) is 33.7 Å². The van der Waals surface area contributed by atoms with Crippen LogP contribution in [0.2, 0.25) is 0 Å². The van der Waals surface area contributed by atoms with Crippen LogP contribution < -0.4 is 22.3 Å². The summed E-state index contributed by atoms with van der Waals surface area (Å²) >= 11 is 0. The third-order valence-electron chi connectivity index (χ3n) is 2.02. The quantitative estimate of drug-likeness (QED) is 0.574. The van der Waals surface area contributed by atoms with Crippen molar-refractivity contribution in [2.24, 2.45) is 0 Å². The molecule has 4 heteroatoms. The van der Waals surface area contributed by atoms with Crippen LogP contribution in [0.4, 0.5) is 0 Å². The lowest BCUT2D eigenvalue weighted by atomic mass is 10.2. The maximum absolute atomic E-state index is 11.5. The van der Waals surface area contributed by atoms with Gasteiger partial charge in [0.2, 0.25) is 5.78 Å². The molecule has 0 aromatic heterocycles. The average Bonchev–Trinajstić information content (AvgIpc) is 2.31. The van der Waals surface area contributed by atoms with Gasteiger partial charge in [-0.05, 0) is 24.0 Å². The molecule has 104 valence electrons. The molecule has 0 aliphatic carbocycles. The number of rotatable bonds is 5. The summed E-state index contributed by atoms with van der Waals surface area (Å²) in [5.41, 5.74) is 0.832. The molecular formula is C14H24BrNOS. The van der Waals surface area contributed by atoms with Crippen molar-refractivity contribution in [1.82, 2.24) is 5.32 Å². The predicted octanol–water partition coefficient (Wildman–Crippen LogP) is -0.633. The fourth-order valence-corrected chi connectivity index (χ4v) is 1.91. The van der Waals surface area contributed by atoms with Gasteiger partial charge >= 0.3 is 0 Å². The molecule has 1 N–H and O–H groups in total. The van der Waals surface area contributed by atoms with Gasteiger partial charge in [0.25, 0.3) is 0 Å². The number of benzene rings is 1. The van der Waals surface area contributed by atoms with E-state index >= 15 is 0 Å². The van der Waals surface area contributed by atoms with Crippen molar-refractivity contribution in [3.8, 4) is 0 Å². The van der Waals surface area contributed by atoms with Gasteiger partial charge in [0.1, 0.15) is 0 Å². The van der Waals surface area contributed by atoms with Crippen LogP contribution >= 0.6 is 0 Å². The maximum atomic E-state index is 11.5. The summed E-state index contributed by atoms with van der Waals surface area (Å²) in [6.07, 6.45) is 4.17. The minimum Gasteiger partial charge on any atom is -1.00 e. The van der Waals surface area contributed by atoms with Crippen molar-refractivity contribution in [3.05, 3.63) is 35.9 Å². The van der Waals surface area contributed by atoms with E-state index < -0.39 is 0 Å². The van der Waals surface area contributed by atoms with E-state index in [1.165, 1.54) is 0 Å². The molecule has 0 bridgehead atoms. The predicted molar refractivity (Wildman–Crippen MR) is 79.1 cm³/mol. The van der Waals surface area contributed by atoms with Gasteiger partial charge in [-0.15, -0.1) is 0 Å². The highest BCUT2D eigenvalue weighted by Crippen LogP contribution is 2.01. The van der Waals surface area contributed by atoms with Gasteiger partial charge in [0.05, 0.1) is 12.5 Å². The Labute approximate surface area is 125 Å². The zero-order valence-electron chi connectivity index (χ0n) is 11.7. The van der Waals surface area contributed by atoms with Crippen LogP contribution in [0.3, 0.4) is 0 Å². The molecule has 18 heavy (non-hydrogen) atoms. The molecule has 0 saturated carbocycles. The van der Waals surface area contributed by atoms with E-state index in [1.807, 2.05) is 30.3 Å². The summed E-state index contributed by atoms with van der Waals surface area (Å²) in [5.74, 6) is 0.924. The first kappa shape index (κ1) is 20.0. The smallest absolute Gasteiger partial charge is 0.211 e. The number of Topliss-reactive ketones (excluding diaryl/α,β-unsaturated/α-hetero) is 1. The third kappa shape index (κ3) is 10.8. The summed E-state index contributed by atoms with van der Waals surface area (Å²) in [6.45, 7) is 6.39. The molecule has 0 fully saturated rings. The molecule has 1 aromatic carbocycles. The second-order valence-electron chi connectivity index (χ2n) is 3.88. The maximum Gasteiger partial charge on any atom is 0.211 e. The van der Waals surface area contributed by atoms with Crippen molar-refractivity contribution in [2.75, 3.05) is 31.4 Å². The second kappa shape index (κ2) is 13.1. The molecule has 0 saturated heterocycles. The van der Waals surface area contributed by atoms with Gasteiger partial charge in [0, 0.05) is 5.56 Å². The highest BCUT2D eigenvalue weighted by molar-refractivity contribution is 7.96. The SMILES string of the molecule is CCNCC.C[S+](C)CC(=O)c1ccccc1.[Br-]. The standard InChI is InChI=1S/C10H13OS.C4H11N.BrH/c1-12(2)8-10(11)9-6-4-3-5-7-9;1-3-5-4-2;/h3-7H,8H2,1-2H3;5H,3-4H2,1-2H3;1H/q+1;;/p-1. The lowest BCUT2D eigenvalue weighted by Gasteiger charge is -1.97. The molecule has 1 aromatic rings. The van der Waals surface area contributed by atoms with Gasteiger partial charge in [0.15, 0.2) is 5.75 Å². The van der Waals surface area contributed by atoms with Crippen molar-refractivity contribution in [2.45, 2.75) is 13.8 Å². The zero-order chi connectivity index (χ0) is 13.1. The molecule has 0 spiro atoms. The second-order valence-corrected chi connectivity index (χ2v) is 6.14. The number of halogens is 1. The normalized spacial score (nSPS) is 9.17. The van der Waals surface area contributed by atoms with E-state index in [0.717, 1.165) is 18.7 Å². The van der Waals surface area contributed by atoms with Crippen LogP contribution in [0, 0.1) is 0 Å². The van der Waals surface area contributed by atoms with Crippen LogP contribution in [0.25, 0.3) is 0 Å². The number of carbonyl (C=O) groups is 1. The molecule has 0 aliphatic rings. The monoisotopic (exact) mass is 333 g/mol. The molecule has 2 nitrogen and oxygen atoms in total. The first-order valence-electron chi connectivity index (χ1n) is 5.94. The number of ketones is 1. The Hall–Kier alpha value is -0.320. The van der Waals surface area contributed by atoms with Crippen molar-refractivity contribution >= 4 is 16.7 Å². The Bertz CT molecular complexity index is 302. The van der Waals surface area contributed by atoms with Gasteiger partial charge in [-0.3, -0.25) is 4.79 Å². The average molecular weight is 334 g/mol. The van der Waals surface area contributed by atoms with E-state index in [4.69, 9.17) is 0 Å². The molecule has 0 heterocycles. The summed E-state index contributed by atoms with van der Waals surface area (Å²) in [5, 5.41) is 3.11. The molecule has 0 amide bonds. The van der Waals surface area contributed by atoms with E-state index in [1.54, 1.807) is 0 Å². The van der Waals surface area contributed by atoms with Crippen molar-refractivity contribution < 1.29 is 21.8 Å². The Morgan fingerprint density at radius 1 is 1.11 bits per heavy atom. The first-order valence-corrected chi connectivity index (χ1v) is 8.16. The lowest BCUT2D eigenvalue weighted by Crippen LogP contribution is -3.00. The Balaban J connectivity index is 0. The van der Waals surface area contributed by atoms with Crippen LogP contribution in [-0.4, -0.2) is 37.1 Å². The fraction of sp³-hybridized carbons (Fsp3) is 0.500. The Morgan fingerprint density at radius 2 is 1.61 bits per heavy atom. The Kier molecular flexibility index (Phi) is 14.6. The molecule has 0 radical (unpaired) electrons. The lowest BCUT2D eigenvalue weighted by molar-refractivity contribution is -0.0000117. The van der Waals surface area contributed by atoms with Crippen molar-refractivity contribution in [3.63, 3.8) is 0 Å². The van der Waals surface area contributed by atoms with Crippen LogP contribution in [0.1, 0.15) is 24.2 Å². The van der Waals surface area contributed by atoms with Crippen LogP contribution in [-0.2, 0) is 10.9 Å². The Morgan fingerprint density at radius 3 is 1.94 bits per heavy atom. The van der Waals surface area contributed by atoms with Gasteiger partial charge in [-0.1, -0.05) is 44.2 Å². The zero-order valence-corrected chi connectivity index (χ0v) is 14.1. The summed E-state index contributed by atoms with van der Waals surface area (Å²) in [6, 6.07) is 9.46. The highest BCUT2D eigenvalue weighted by Gasteiger charge is 2.12. The molecule has 0 atom stereocenters. The van der Waals surface area contributed by atoms with Gasteiger partial charge in [-0.2, -0.15) is 0 Å².